The smallest absolute Gasteiger partial charge is 0.319 e. The van der Waals surface area contributed by atoms with E-state index in [1.54, 1.807) is 7.11 Å². The van der Waals surface area contributed by atoms with Crippen LogP contribution in [0.15, 0.2) is 60.7 Å². The number of Topliss-reactive ketones (excluding diaryl/α,β-unsaturated/α-hetero) is 1. The van der Waals surface area contributed by atoms with Crippen LogP contribution in [-0.2, 0) is 41.9 Å². The maximum absolute atomic E-state index is 12.7. The number of amides is 2. The van der Waals surface area contributed by atoms with E-state index in [0.717, 1.165) is 24.8 Å². The van der Waals surface area contributed by atoms with Crippen molar-refractivity contribution in [2.24, 2.45) is 11.3 Å². The van der Waals surface area contributed by atoms with Gasteiger partial charge in [-0.1, -0.05) is 87.4 Å². The van der Waals surface area contributed by atoms with Crippen molar-refractivity contribution in [2.45, 2.75) is 79.6 Å². The summed E-state index contributed by atoms with van der Waals surface area (Å²) in [5, 5.41) is 5.10. The number of unbranched alkanes of at least 4 members (excludes halogenated alkanes) is 1. The van der Waals surface area contributed by atoms with E-state index in [-0.39, 0.29) is 19.1 Å². The average Bonchev–Trinajstić information content (AvgIpc) is 2.94. The minimum atomic E-state index is -1.42. The van der Waals surface area contributed by atoms with Crippen LogP contribution in [0.2, 0.25) is 0 Å². The van der Waals surface area contributed by atoms with Gasteiger partial charge in [-0.15, -0.1) is 0 Å². The predicted molar refractivity (Wildman–Crippen MR) is 156 cm³/mol. The molecule has 40 heavy (non-hydrogen) atoms. The number of rotatable bonds is 15. The first-order valence-electron chi connectivity index (χ1n) is 13.8. The van der Waals surface area contributed by atoms with Crippen molar-refractivity contribution >= 4 is 23.6 Å². The summed E-state index contributed by atoms with van der Waals surface area (Å²) in [5.74, 6) is -1.18. The molecule has 1 atom stereocenters. The third-order valence-electron chi connectivity index (χ3n) is 6.15. The third-order valence-corrected chi connectivity index (χ3v) is 6.15. The van der Waals surface area contributed by atoms with E-state index in [0.29, 0.717) is 18.9 Å². The number of carbonyl (C=O) groups excluding carboxylic acids is 4. The number of esters is 1. The monoisotopic (exact) mass is 554 g/mol. The molecule has 0 saturated heterocycles. The summed E-state index contributed by atoms with van der Waals surface area (Å²) >= 11 is 0. The Labute approximate surface area is 239 Å². The number of ketones is 1. The minimum Gasteiger partial charge on any atom is -0.460 e. The Morgan fingerprint density at radius 3 is 1.88 bits per heavy atom. The number of ether oxygens (including phenoxy) is 2. The summed E-state index contributed by atoms with van der Waals surface area (Å²) in [6.07, 6.45) is 3.18. The van der Waals surface area contributed by atoms with Crippen molar-refractivity contribution in [3.05, 3.63) is 71.8 Å². The predicted octanol–water partition coefficient (Wildman–Crippen LogP) is 5.00. The SMILES string of the molecule is CC(C)CCCCC(=O)NCC(=O)NC(C)C(=O)C(C)(C)C(=O)OCc1ccccc1.COCc1ccccc1. The summed E-state index contributed by atoms with van der Waals surface area (Å²) in [5.41, 5.74) is 0.626. The lowest BCUT2D eigenvalue weighted by molar-refractivity contribution is -0.160. The molecule has 220 valence electrons. The molecule has 0 saturated carbocycles. The average molecular weight is 555 g/mol. The van der Waals surface area contributed by atoms with E-state index in [4.69, 9.17) is 9.47 Å². The Hall–Kier alpha value is -3.52. The largest absolute Gasteiger partial charge is 0.460 e. The summed E-state index contributed by atoms with van der Waals surface area (Å²) in [7, 11) is 1.70. The number of hydrogen-bond donors (Lipinski definition) is 2. The molecule has 0 spiro atoms. The maximum Gasteiger partial charge on any atom is 0.319 e. The zero-order valence-corrected chi connectivity index (χ0v) is 24.8. The lowest BCUT2D eigenvalue weighted by Gasteiger charge is -2.25. The van der Waals surface area contributed by atoms with Crippen LogP contribution >= 0.6 is 0 Å². The third kappa shape index (κ3) is 14.0. The molecule has 0 heterocycles. The van der Waals surface area contributed by atoms with Gasteiger partial charge in [0, 0.05) is 13.5 Å². The Bertz CT molecular complexity index is 1040. The molecular weight excluding hydrogens is 508 g/mol. The Kier molecular flexibility index (Phi) is 16.1. The van der Waals surface area contributed by atoms with Gasteiger partial charge in [-0.25, -0.2) is 0 Å². The molecule has 2 rings (SSSR count). The zero-order valence-electron chi connectivity index (χ0n) is 24.8. The molecule has 2 amide bonds. The highest BCUT2D eigenvalue weighted by molar-refractivity contribution is 6.06. The van der Waals surface area contributed by atoms with Gasteiger partial charge in [-0.3, -0.25) is 19.2 Å². The van der Waals surface area contributed by atoms with Crippen molar-refractivity contribution in [3.63, 3.8) is 0 Å². The number of carbonyl (C=O) groups is 4. The maximum atomic E-state index is 12.7. The van der Waals surface area contributed by atoms with Crippen LogP contribution < -0.4 is 10.6 Å². The fourth-order valence-corrected chi connectivity index (χ4v) is 3.75. The number of methoxy groups -OCH3 is 1. The highest BCUT2D eigenvalue weighted by Gasteiger charge is 2.40. The number of hydrogen-bond acceptors (Lipinski definition) is 6. The Morgan fingerprint density at radius 2 is 1.35 bits per heavy atom. The lowest BCUT2D eigenvalue weighted by atomic mass is 9.84. The number of benzene rings is 2. The topological polar surface area (TPSA) is 111 Å². The van der Waals surface area contributed by atoms with E-state index in [2.05, 4.69) is 24.5 Å². The molecule has 0 radical (unpaired) electrons. The second-order valence-corrected chi connectivity index (χ2v) is 10.7. The van der Waals surface area contributed by atoms with E-state index < -0.39 is 29.1 Å². The van der Waals surface area contributed by atoms with E-state index in [9.17, 15) is 19.2 Å². The van der Waals surface area contributed by atoms with Crippen LogP contribution in [0, 0.1) is 11.3 Å². The quantitative estimate of drug-likeness (QED) is 0.182. The van der Waals surface area contributed by atoms with Crippen LogP contribution in [0.5, 0.6) is 0 Å². The van der Waals surface area contributed by atoms with Gasteiger partial charge in [0.15, 0.2) is 5.78 Å². The molecule has 0 bridgehead atoms. The van der Waals surface area contributed by atoms with Crippen molar-refractivity contribution in [2.75, 3.05) is 13.7 Å². The molecule has 2 aromatic carbocycles. The first-order valence-corrected chi connectivity index (χ1v) is 13.8. The molecule has 2 N–H and O–H groups in total. The van der Waals surface area contributed by atoms with Crippen LogP contribution in [0.25, 0.3) is 0 Å². The molecule has 0 aliphatic rings. The fraction of sp³-hybridized carbons (Fsp3) is 0.500. The molecule has 0 aliphatic carbocycles. The summed E-state index contributed by atoms with van der Waals surface area (Å²) in [6, 6.07) is 18.4. The van der Waals surface area contributed by atoms with Gasteiger partial charge in [-0.2, -0.15) is 0 Å². The van der Waals surface area contributed by atoms with Gasteiger partial charge in [-0.05, 0) is 44.2 Å². The van der Waals surface area contributed by atoms with Gasteiger partial charge in [0.25, 0.3) is 0 Å². The molecule has 1 unspecified atom stereocenters. The first kappa shape index (κ1) is 34.5. The second kappa shape index (κ2) is 18.7. The molecule has 0 aliphatic heterocycles. The minimum absolute atomic E-state index is 0.0698. The highest BCUT2D eigenvalue weighted by Crippen LogP contribution is 2.22. The first-order chi connectivity index (χ1) is 19.0. The Balaban J connectivity index is 0.000000747. The van der Waals surface area contributed by atoms with Crippen molar-refractivity contribution in [1.82, 2.24) is 10.6 Å². The van der Waals surface area contributed by atoms with Crippen molar-refractivity contribution in [3.8, 4) is 0 Å². The molecule has 8 nitrogen and oxygen atoms in total. The lowest BCUT2D eigenvalue weighted by Crippen LogP contribution is -2.50. The van der Waals surface area contributed by atoms with Gasteiger partial charge in [0.05, 0.1) is 19.2 Å². The van der Waals surface area contributed by atoms with Crippen LogP contribution in [0.1, 0.15) is 71.4 Å². The summed E-state index contributed by atoms with van der Waals surface area (Å²) in [6.45, 7) is 9.31. The normalized spacial score (nSPS) is 11.6. The molecule has 2 aromatic rings. The second-order valence-electron chi connectivity index (χ2n) is 10.7. The molecule has 0 fully saturated rings. The zero-order chi connectivity index (χ0) is 30.0. The van der Waals surface area contributed by atoms with Crippen molar-refractivity contribution in [1.29, 1.82) is 0 Å². The van der Waals surface area contributed by atoms with E-state index in [1.807, 2.05) is 60.7 Å². The van der Waals surface area contributed by atoms with Crippen LogP contribution in [-0.4, -0.2) is 43.3 Å². The van der Waals surface area contributed by atoms with Gasteiger partial charge >= 0.3 is 5.97 Å². The molecule has 0 aromatic heterocycles. The van der Waals surface area contributed by atoms with Crippen LogP contribution in [0.3, 0.4) is 0 Å². The molecular formula is C32H46N2O6. The van der Waals surface area contributed by atoms with Gasteiger partial charge in [0.2, 0.25) is 11.8 Å². The summed E-state index contributed by atoms with van der Waals surface area (Å²) in [4.78, 5) is 49.1. The van der Waals surface area contributed by atoms with Crippen molar-refractivity contribution < 1.29 is 28.7 Å². The van der Waals surface area contributed by atoms with E-state index in [1.165, 1.54) is 26.3 Å². The highest BCUT2D eigenvalue weighted by atomic mass is 16.5. The van der Waals surface area contributed by atoms with Gasteiger partial charge in [0.1, 0.15) is 12.0 Å². The van der Waals surface area contributed by atoms with E-state index >= 15 is 0 Å². The molecule has 8 heteroatoms. The standard InChI is InChI=1S/C24H36N2O5.C8H10O/c1-17(2)11-9-10-14-20(27)25-15-21(28)26-18(3)22(29)24(4,5)23(30)31-16-19-12-7-6-8-13-19;1-9-7-8-5-3-2-4-6-8/h6-8,12-13,17-18H,9-11,14-16H2,1-5H3,(H,25,27)(H,26,28);2-6H,7H2,1H3. The fourth-order valence-electron chi connectivity index (χ4n) is 3.75. The van der Waals surface area contributed by atoms with Gasteiger partial charge < -0.3 is 20.1 Å². The van der Waals surface area contributed by atoms with Crippen LogP contribution in [0.4, 0.5) is 0 Å². The number of nitrogens with one attached hydrogen (secondary N) is 2. The Morgan fingerprint density at radius 1 is 0.800 bits per heavy atom. The summed E-state index contributed by atoms with van der Waals surface area (Å²) < 4.78 is 10.2.